The summed E-state index contributed by atoms with van der Waals surface area (Å²) >= 11 is 0. The molecule has 2 heterocycles. The topological polar surface area (TPSA) is 40.6 Å². The van der Waals surface area contributed by atoms with Gasteiger partial charge >= 0.3 is 0 Å². The normalized spacial score (nSPS) is 23.1. The summed E-state index contributed by atoms with van der Waals surface area (Å²) in [6.07, 6.45) is 0.620. The van der Waals surface area contributed by atoms with Crippen molar-refractivity contribution in [1.29, 1.82) is 0 Å². The zero-order chi connectivity index (χ0) is 16.9. The van der Waals surface area contributed by atoms with E-state index in [9.17, 15) is 9.59 Å². The highest BCUT2D eigenvalue weighted by Gasteiger charge is 2.54. The predicted molar refractivity (Wildman–Crippen MR) is 93.8 cm³/mol. The van der Waals surface area contributed by atoms with Gasteiger partial charge in [0, 0.05) is 37.0 Å². The SMILES string of the molecule is C=C1CC2(CC(=O)N1c1ccccc1)C(=O)N(C)c1ccccc12. The first-order valence-corrected chi connectivity index (χ1v) is 7.98. The number of carbonyl (C=O) groups is 2. The van der Waals surface area contributed by atoms with Crippen LogP contribution in [0.5, 0.6) is 0 Å². The van der Waals surface area contributed by atoms with Gasteiger partial charge in [-0.15, -0.1) is 0 Å². The predicted octanol–water partition coefficient (Wildman–Crippen LogP) is 3.24. The molecule has 4 nitrogen and oxygen atoms in total. The standard InChI is InChI=1S/C20H18N2O2/c1-14-12-20(13-18(23)22(14)15-8-4-3-5-9-15)16-10-6-7-11-17(16)21(2)19(20)24/h3-11H,1,12-13H2,2H3. The second kappa shape index (κ2) is 5.06. The first-order valence-electron chi connectivity index (χ1n) is 7.98. The van der Waals surface area contributed by atoms with Crippen LogP contribution in [0.1, 0.15) is 18.4 Å². The van der Waals surface area contributed by atoms with Crippen LogP contribution in [0.3, 0.4) is 0 Å². The van der Waals surface area contributed by atoms with Crippen molar-refractivity contribution in [2.24, 2.45) is 0 Å². The number of nitrogens with zero attached hydrogens (tertiary/aromatic N) is 2. The highest BCUT2D eigenvalue weighted by atomic mass is 16.2. The van der Waals surface area contributed by atoms with Crippen molar-refractivity contribution in [3.05, 3.63) is 72.4 Å². The first-order chi connectivity index (χ1) is 11.5. The fourth-order valence-electron chi connectivity index (χ4n) is 3.97. The van der Waals surface area contributed by atoms with E-state index in [1.54, 1.807) is 16.8 Å². The number of benzene rings is 2. The Balaban J connectivity index is 1.78. The molecule has 0 N–H and O–H groups in total. The van der Waals surface area contributed by atoms with Gasteiger partial charge in [0.25, 0.3) is 0 Å². The van der Waals surface area contributed by atoms with Gasteiger partial charge < -0.3 is 4.90 Å². The van der Waals surface area contributed by atoms with Crippen molar-refractivity contribution in [1.82, 2.24) is 0 Å². The minimum atomic E-state index is -0.815. The molecule has 1 atom stereocenters. The molecule has 0 bridgehead atoms. The number of allylic oxidation sites excluding steroid dienone is 1. The Morgan fingerprint density at radius 2 is 1.62 bits per heavy atom. The molecule has 2 aromatic rings. The van der Waals surface area contributed by atoms with E-state index in [4.69, 9.17) is 0 Å². The quantitative estimate of drug-likeness (QED) is 0.810. The number of hydrogen-bond donors (Lipinski definition) is 0. The van der Waals surface area contributed by atoms with E-state index in [-0.39, 0.29) is 18.2 Å². The van der Waals surface area contributed by atoms with Crippen LogP contribution in [0.4, 0.5) is 11.4 Å². The molecule has 24 heavy (non-hydrogen) atoms. The van der Waals surface area contributed by atoms with Crippen molar-refractivity contribution in [3.8, 4) is 0 Å². The smallest absolute Gasteiger partial charge is 0.238 e. The van der Waals surface area contributed by atoms with E-state index in [0.29, 0.717) is 12.1 Å². The molecule has 1 fully saturated rings. The molecule has 4 heteroatoms. The zero-order valence-corrected chi connectivity index (χ0v) is 13.5. The number of carbonyl (C=O) groups excluding carboxylic acids is 2. The van der Waals surface area contributed by atoms with Gasteiger partial charge in [-0.05, 0) is 23.8 Å². The molecule has 2 amide bonds. The van der Waals surface area contributed by atoms with E-state index >= 15 is 0 Å². The van der Waals surface area contributed by atoms with Crippen LogP contribution in [0.15, 0.2) is 66.9 Å². The lowest BCUT2D eigenvalue weighted by atomic mass is 9.72. The summed E-state index contributed by atoms with van der Waals surface area (Å²) in [6.45, 7) is 4.11. The third kappa shape index (κ3) is 1.86. The molecule has 0 saturated carbocycles. The fourth-order valence-corrected chi connectivity index (χ4v) is 3.97. The largest absolute Gasteiger partial charge is 0.314 e. The zero-order valence-electron chi connectivity index (χ0n) is 13.5. The number of likely N-dealkylation sites (N-methyl/N-ethyl adjacent to an activating group) is 1. The summed E-state index contributed by atoms with van der Waals surface area (Å²) in [7, 11) is 1.77. The average Bonchev–Trinajstić information content (AvgIpc) is 2.78. The summed E-state index contributed by atoms with van der Waals surface area (Å²) < 4.78 is 0. The first kappa shape index (κ1) is 14.7. The van der Waals surface area contributed by atoms with Gasteiger partial charge in [0.2, 0.25) is 11.8 Å². The van der Waals surface area contributed by atoms with Gasteiger partial charge in [-0.1, -0.05) is 43.0 Å². The van der Waals surface area contributed by atoms with Crippen LogP contribution < -0.4 is 9.80 Å². The van der Waals surface area contributed by atoms with E-state index in [2.05, 4.69) is 6.58 Å². The van der Waals surface area contributed by atoms with E-state index in [1.165, 1.54) is 0 Å². The van der Waals surface area contributed by atoms with Gasteiger partial charge in [-0.25, -0.2) is 0 Å². The number of anilines is 2. The van der Waals surface area contributed by atoms with Gasteiger partial charge in [0.05, 0.1) is 5.41 Å². The van der Waals surface area contributed by atoms with E-state index < -0.39 is 5.41 Å². The van der Waals surface area contributed by atoms with E-state index in [1.807, 2.05) is 54.6 Å². The highest BCUT2D eigenvalue weighted by Crippen LogP contribution is 2.50. The molecule has 120 valence electrons. The van der Waals surface area contributed by atoms with Crippen LogP contribution in [-0.2, 0) is 15.0 Å². The lowest BCUT2D eigenvalue weighted by Gasteiger charge is -2.39. The summed E-state index contributed by atoms with van der Waals surface area (Å²) in [4.78, 5) is 29.2. The molecule has 0 aromatic heterocycles. The van der Waals surface area contributed by atoms with Gasteiger partial charge in [-0.2, -0.15) is 0 Å². The van der Waals surface area contributed by atoms with Crippen LogP contribution >= 0.6 is 0 Å². The Morgan fingerprint density at radius 1 is 0.958 bits per heavy atom. The van der Waals surface area contributed by atoms with Crippen LogP contribution in [0, 0.1) is 0 Å². The molecule has 1 unspecified atom stereocenters. The highest BCUT2D eigenvalue weighted by molar-refractivity contribution is 6.13. The summed E-state index contributed by atoms with van der Waals surface area (Å²) in [5.74, 6) is -0.109. The number of hydrogen-bond acceptors (Lipinski definition) is 2. The Kier molecular flexibility index (Phi) is 3.10. The van der Waals surface area contributed by atoms with Crippen molar-refractivity contribution in [3.63, 3.8) is 0 Å². The summed E-state index contributed by atoms with van der Waals surface area (Å²) in [5.41, 5.74) is 2.46. The Bertz CT molecular complexity index is 839. The molecular weight excluding hydrogens is 300 g/mol. The number of para-hydroxylation sites is 2. The maximum atomic E-state index is 13.0. The minimum Gasteiger partial charge on any atom is -0.314 e. The number of fused-ring (bicyclic) bond motifs is 2. The molecule has 4 rings (SSSR count). The fraction of sp³-hybridized carbons (Fsp3) is 0.200. The van der Waals surface area contributed by atoms with Gasteiger partial charge in [-0.3, -0.25) is 14.5 Å². The van der Waals surface area contributed by atoms with Gasteiger partial charge in [0.1, 0.15) is 0 Å². The molecule has 1 spiro atoms. The van der Waals surface area contributed by atoms with Gasteiger partial charge in [0.15, 0.2) is 0 Å². The summed E-state index contributed by atoms with van der Waals surface area (Å²) in [5, 5.41) is 0. The molecule has 2 aliphatic heterocycles. The van der Waals surface area contributed by atoms with E-state index in [0.717, 1.165) is 16.9 Å². The molecule has 0 aliphatic carbocycles. The molecule has 1 saturated heterocycles. The lowest BCUT2D eigenvalue weighted by molar-refractivity contribution is -0.129. The van der Waals surface area contributed by atoms with Crippen LogP contribution in [0.2, 0.25) is 0 Å². The Labute approximate surface area is 141 Å². The number of rotatable bonds is 1. The maximum absolute atomic E-state index is 13.0. The molecule has 2 aromatic carbocycles. The van der Waals surface area contributed by atoms with Crippen LogP contribution in [-0.4, -0.2) is 18.9 Å². The van der Waals surface area contributed by atoms with Crippen molar-refractivity contribution in [2.75, 3.05) is 16.8 Å². The second-order valence-electron chi connectivity index (χ2n) is 6.45. The molecule has 2 aliphatic rings. The monoisotopic (exact) mass is 318 g/mol. The maximum Gasteiger partial charge on any atom is 0.238 e. The lowest BCUT2D eigenvalue weighted by Crippen LogP contribution is -2.49. The second-order valence-corrected chi connectivity index (χ2v) is 6.45. The Hall–Kier alpha value is -2.88. The molecule has 0 radical (unpaired) electrons. The Morgan fingerprint density at radius 3 is 2.33 bits per heavy atom. The van der Waals surface area contributed by atoms with Crippen molar-refractivity contribution >= 4 is 23.2 Å². The third-order valence-electron chi connectivity index (χ3n) is 5.03. The average molecular weight is 318 g/mol. The van der Waals surface area contributed by atoms with Crippen molar-refractivity contribution in [2.45, 2.75) is 18.3 Å². The number of piperidine rings is 1. The van der Waals surface area contributed by atoms with Crippen LogP contribution in [0.25, 0.3) is 0 Å². The third-order valence-corrected chi connectivity index (χ3v) is 5.03. The number of amides is 2. The summed E-state index contributed by atoms with van der Waals surface area (Å²) in [6, 6.07) is 17.2. The van der Waals surface area contributed by atoms with Crippen molar-refractivity contribution < 1.29 is 9.59 Å². The minimum absolute atomic E-state index is 0.0223. The molecular formula is C20H18N2O2.